The largest absolute Gasteiger partial charge is 0.542 e. The summed E-state index contributed by atoms with van der Waals surface area (Å²) in [7, 11) is -1.80. The first-order chi connectivity index (χ1) is 7.69. The van der Waals surface area contributed by atoms with Crippen molar-refractivity contribution in [2.75, 3.05) is 5.73 Å². The molecule has 0 unspecified atom stereocenters. The van der Waals surface area contributed by atoms with E-state index in [4.69, 9.17) is 10.2 Å². The fourth-order valence-corrected chi connectivity index (χ4v) is 2.48. The molecule has 0 heterocycles. The van der Waals surface area contributed by atoms with Crippen molar-refractivity contribution in [2.45, 2.75) is 52.2 Å². The second-order valence-electron chi connectivity index (χ2n) is 6.05. The summed E-state index contributed by atoms with van der Waals surface area (Å²) in [6, 6.07) is 6.01. The summed E-state index contributed by atoms with van der Waals surface area (Å²) in [5.41, 5.74) is 8.01. The Hall–Kier alpha value is -0.963. The highest BCUT2D eigenvalue weighted by molar-refractivity contribution is 6.74. The fraction of sp³-hybridized carbons (Fsp3) is 0.571. The number of rotatable bonds is 3. The van der Waals surface area contributed by atoms with Crippen LogP contribution in [-0.2, 0) is 6.42 Å². The average molecular weight is 251 g/mol. The van der Waals surface area contributed by atoms with Crippen LogP contribution in [0.5, 0.6) is 5.75 Å². The van der Waals surface area contributed by atoms with E-state index in [-0.39, 0.29) is 5.04 Å². The lowest BCUT2D eigenvalue weighted by Gasteiger charge is -2.37. The van der Waals surface area contributed by atoms with Gasteiger partial charge in [0, 0.05) is 0 Å². The van der Waals surface area contributed by atoms with Crippen LogP contribution in [-0.4, -0.2) is 8.32 Å². The minimum absolute atomic E-state index is 0.195. The van der Waals surface area contributed by atoms with Crippen LogP contribution in [0.4, 0.5) is 5.69 Å². The molecule has 0 spiro atoms. The van der Waals surface area contributed by atoms with Crippen molar-refractivity contribution in [2.24, 2.45) is 0 Å². The summed E-state index contributed by atoms with van der Waals surface area (Å²) >= 11 is 0. The van der Waals surface area contributed by atoms with Gasteiger partial charge in [0.1, 0.15) is 5.75 Å². The Morgan fingerprint density at radius 1 is 1.24 bits per heavy atom. The predicted molar refractivity (Wildman–Crippen MR) is 78.1 cm³/mol. The third kappa shape index (κ3) is 3.03. The highest BCUT2D eigenvalue weighted by Crippen LogP contribution is 2.40. The van der Waals surface area contributed by atoms with Gasteiger partial charge in [-0.2, -0.15) is 0 Å². The van der Waals surface area contributed by atoms with E-state index in [9.17, 15) is 0 Å². The lowest BCUT2D eigenvalue weighted by atomic mass is 10.1. The first kappa shape index (κ1) is 14.1. The Morgan fingerprint density at radius 3 is 2.29 bits per heavy atom. The monoisotopic (exact) mass is 251 g/mol. The van der Waals surface area contributed by atoms with Gasteiger partial charge >= 0.3 is 0 Å². The molecule has 17 heavy (non-hydrogen) atoms. The van der Waals surface area contributed by atoms with Crippen LogP contribution in [0.1, 0.15) is 33.3 Å². The Morgan fingerprint density at radius 2 is 1.82 bits per heavy atom. The molecule has 3 heteroatoms. The van der Waals surface area contributed by atoms with Crippen molar-refractivity contribution in [1.29, 1.82) is 0 Å². The van der Waals surface area contributed by atoms with Crippen LogP contribution in [0, 0.1) is 0 Å². The Kier molecular flexibility index (Phi) is 3.92. The van der Waals surface area contributed by atoms with Gasteiger partial charge in [0.15, 0.2) is 0 Å². The van der Waals surface area contributed by atoms with Crippen molar-refractivity contribution < 1.29 is 4.43 Å². The smallest absolute Gasteiger partial charge is 0.250 e. The molecule has 0 aliphatic carbocycles. The number of hydrogen-bond donors (Lipinski definition) is 1. The maximum absolute atomic E-state index is 6.33. The number of hydrogen-bond acceptors (Lipinski definition) is 2. The molecule has 1 rings (SSSR count). The van der Waals surface area contributed by atoms with Gasteiger partial charge in [-0.15, -0.1) is 0 Å². The lowest BCUT2D eigenvalue weighted by Crippen LogP contribution is -2.44. The van der Waals surface area contributed by atoms with E-state index in [2.05, 4.69) is 46.9 Å². The third-order valence-corrected chi connectivity index (χ3v) is 8.00. The molecular formula is C14H25NOSi. The van der Waals surface area contributed by atoms with Crippen molar-refractivity contribution in [3.05, 3.63) is 23.8 Å². The Labute approximate surface area is 106 Å². The van der Waals surface area contributed by atoms with Gasteiger partial charge in [-0.1, -0.05) is 39.8 Å². The van der Waals surface area contributed by atoms with Gasteiger partial charge in [-0.3, -0.25) is 0 Å². The Balaban J connectivity index is 3.11. The van der Waals surface area contributed by atoms with Crippen LogP contribution in [0.25, 0.3) is 0 Å². The summed E-state index contributed by atoms with van der Waals surface area (Å²) in [4.78, 5) is 0. The molecule has 1 aromatic carbocycles. The van der Waals surface area contributed by atoms with Crippen LogP contribution < -0.4 is 10.2 Å². The summed E-state index contributed by atoms with van der Waals surface area (Å²) in [6.45, 7) is 13.4. The van der Waals surface area contributed by atoms with E-state index in [1.165, 1.54) is 5.56 Å². The van der Waals surface area contributed by atoms with Crippen molar-refractivity contribution in [3.8, 4) is 5.75 Å². The number of benzene rings is 1. The molecule has 0 amide bonds. The molecule has 1 aromatic rings. The molecule has 0 bridgehead atoms. The molecule has 0 atom stereocenters. The van der Waals surface area contributed by atoms with E-state index in [0.717, 1.165) is 17.9 Å². The summed E-state index contributed by atoms with van der Waals surface area (Å²) in [5, 5.41) is 0.195. The molecule has 96 valence electrons. The molecule has 0 aromatic heterocycles. The van der Waals surface area contributed by atoms with Gasteiger partial charge < -0.3 is 10.2 Å². The highest BCUT2D eigenvalue weighted by atomic mass is 28.4. The lowest BCUT2D eigenvalue weighted by molar-refractivity contribution is 0.489. The highest BCUT2D eigenvalue weighted by Gasteiger charge is 2.39. The van der Waals surface area contributed by atoms with Gasteiger partial charge in [0.05, 0.1) is 5.69 Å². The topological polar surface area (TPSA) is 35.2 Å². The molecule has 0 aliphatic heterocycles. The van der Waals surface area contributed by atoms with E-state index in [1.54, 1.807) is 0 Å². The molecule has 2 nitrogen and oxygen atoms in total. The van der Waals surface area contributed by atoms with Gasteiger partial charge in [0.2, 0.25) is 0 Å². The minimum atomic E-state index is -1.80. The zero-order chi connectivity index (χ0) is 13.3. The number of aryl methyl sites for hydroxylation is 1. The van der Waals surface area contributed by atoms with Crippen LogP contribution >= 0.6 is 0 Å². The Bertz CT molecular complexity index is 394. The number of anilines is 1. The van der Waals surface area contributed by atoms with Crippen LogP contribution in [0.15, 0.2) is 18.2 Å². The van der Waals surface area contributed by atoms with Gasteiger partial charge in [-0.25, -0.2) is 0 Å². The van der Waals surface area contributed by atoms with Crippen LogP contribution in [0.2, 0.25) is 18.1 Å². The van der Waals surface area contributed by atoms with Gasteiger partial charge in [0.25, 0.3) is 8.32 Å². The predicted octanol–water partition coefficient (Wildman–Crippen LogP) is 4.22. The molecule has 0 aliphatic rings. The fourth-order valence-electron chi connectivity index (χ4n) is 1.42. The van der Waals surface area contributed by atoms with Crippen LogP contribution in [0.3, 0.4) is 0 Å². The molecule has 2 N–H and O–H groups in total. The molecule has 0 fully saturated rings. The quantitative estimate of drug-likeness (QED) is 0.645. The summed E-state index contributed by atoms with van der Waals surface area (Å²) in [6.07, 6.45) is 0.953. The third-order valence-electron chi connectivity index (χ3n) is 3.67. The zero-order valence-corrected chi connectivity index (χ0v) is 12.9. The van der Waals surface area contributed by atoms with E-state index < -0.39 is 8.32 Å². The van der Waals surface area contributed by atoms with E-state index >= 15 is 0 Å². The minimum Gasteiger partial charge on any atom is -0.542 e. The SMILES string of the molecule is CCc1cccc(N)c1O[Si](C)(C)C(C)(C)C. The summed E-state index contributed by atoms with van der Waals surface area (Å²) in [5.74, 6) is 0.904. The number of nitrogens with two attached hydrogens (primary N) is 1. The first-order valence-corrected chi connectivity index (χ1v) is 9.16. The number of para-hydroxylation sites is 1. The normalized spacial score (nSPS) is 12.6. The standard InChI is InChI=1S/C14H25NOSi/c1-7-11-9-8-10-12(15)13(11)16-17(5,6)14(2,3)4/h8-10H,7,15H2,1-6H3. The zero-order valence-electron chi connectivity index (χ0n) is 11.9. The van der Waals surface area contributed by atoms with Crippen molar-refractivity contribution in [3.63, 3.8) is 0 Å². The maximum Gasteiger partial charge on any atom is 0.250 e. The number of nitrogen functional groups attached to an aromatic ring is 1. The molecule has 0 saturated heterocycles. The second kappa shape index (κ2) is 4.73. The average Bonchev–Trinajstić information content (AvgIpc) is 2.19. The van der Waals surface area contributed by atoms with Gasteiger partial charge in [-0.05, 0) is 36.2 Å². The van der Waals surface area contributed by atoms with Crippen molar-refractivity contribution in [1.82, 2.24) is 0 Å². The first-order valence-electron chi connectivity index (χ1n) is 6.25. The van der Waals surface area contributed by atoms with E-state index in [0.29, 0.717) is 0 Å². The second-order valence-corrected chi connectivity index (χ2v) is 10.8. The molecular weight excluding hydrogens is 226 g/mol. The maximum atomic E-state index is 6.33. The summed E-state index contributed by atoms with van der Waals surface area (Å²) < 4.78 is 6.33. The van der Waals surface area contributed by atoms with E-state index in [1.807, 2.05) is 12.1 Å². The molecule has 0 saturated carbocycles. The molecule has 0 radical (unpaired) electrons. The van der Waals surface area contributed by atoms with Crippen molar-refractivity contribution >= 4 is 14.0 Å².